The lowest BCUT2D eigenvalue weighted by atomic mass is 10.2. The zero-order valence-electron chi connectivity index (χ0n) is 18.0. The van der Waals surface area contributed by atoms with Crippen molar-refractivity contribution in [3.63, 3.8) is 0 Å². The lowest BCUT2D eigenvalue weighted by molar-refractivity contribution is -0.677. The Hall–Kier alpha value is -2.49. The van der Waals surface area contributed by atoms with E-state index in [1.807, 2.05) is 48.7 Å². The minimum atomic E-state index is -0.336. The van der Waals surface area contributed by atoms with Crippen LogP contribution >= 0.6 is 11.3 Å². The number of benzene rings is 2. The van der Waals surface area contributed by atoms with E-state index < -0.39 is 0 Å². The summed E-state index contributed by atoms with van der Waals surface area (Å²) >= 11 is 1.55. The fourth-order valence-corrected chi connectivity index (χ4v) is 7.24. The number of hydrogen-bond acceptors (Lipinski definition) is 4. The van der Waals surface area contributed by atoms with Gasteiger partial charge in [-0.15, -0.1) is 0 Å². The highest BCUT2D eigenvalue weighted by Gasteiger charge is 2.19. The van der Waals surface area contributed by atoms with E-state index in [0.717, 1.165) is 6.54 Å². The summed E-state index contributed by atoms with van der Waals surface area (Å²) in [5.74, 6) is 1.45. The molecule has 2 heterocycles. The van der Waals surface area contributed by atoms with Crippen LogP contribution in [0.3, 0.4) is 0 Å². The van der Waals surface area contributed by atoms with Crippen molar-refractivity contribution in [3.8, 4) is 5.75 Å². The Bertz CT molecular complexity index is 1170. The lowest BCUT2D eigenvalue weighted by Crippen LogP contribution is -3.61. The van der Waals surface area contributed by atoms with E-state index in [9.17, 15) is 4.79 Å². The fourth-order valence-electron chi connectivity index (χ4n) is 3.06. The summed E-state index contributed by atoms with van der Waals surface area (Å²) in [6.07, 6.45) is 4.14. The van der Waals surface area contributed by atoms with Crippen molar-refractivity contribution in [2.75, 3.05) is 6.61 Å². The molecule has 0 radical (unpaired) electrons. The maximum Gasteiger partial charge on any atom is 0.369 e. The summed E-state index contributed by atoms with van der Waals surface area (Å²) in [6.45, 7) is 4.31. The van der Waals surface area contributed by atoms with Gasteiger partial charge in [0.05, 0.1) is 25.8 Å². The third kappa shape index (κ3) is 6.05. The van der Waals surface area contributed by atoms with Gasteiger partial charge < -0.3 is 9.47 Å². The van der Waals surface area contributed by atoms with Crippen LogP contribution in [0.2, 0.25) is 0 Å². The average Bonchev–Trinajstić information content (AvgIpc) is 3.39. The molecule has 0 bridgehead atoms. The summed E-state index contributed by atoms with van der Waals surface area (Å²) in [6, 6.07) is 21.2. The van der Waals surface area contributed by atoms with Crippen molar-refractivity contribution in [3.05, 3.63) is 102 Å². The first-order valence-electron chi connectivity index (χ1n) is 10.3. The third-order valence-corrected chi connectivity index (χ3v) is 9.24. The van der Waals surface area contributed by atoms with E-state index in [4.69, 9.17) is 9.47 Å². The van der Waals surface area contributed by atoms with Crippen molar-refractivity contribution in [1.29, 1.82) is 0 Å². The monoisotopic (exact) mass is 560 g/mol. The molecule has 0 amide bonds. The molecule has 0 fully saturated rings. The molecule has 7 heteroatoms. The summed E-state index contributed by atoms with van der Waals surface area (Å²) in [7, 11) is 2.05. The number of carbonyl (C=O) groups excluding carboxylic acids is 1. The van der Waals surface area contributed by atoms with Gasteiger partial charge in [0.25, 0.3) is 5.82 Å². The van der Waals surface area contributed by atoms with Crippen LogP contribution in [0.15, 0.2) is 79.1 Å². The summed E-state index contributed by atoms with van der Waals surface area (Å²) in [5.41, 5.74) is 0.551. The minimum absolute atomic E-state index is 0.271. The van der Waals surface area contributed by atoms with Gasteiger partial charge >= 0.3 is 27.2 Å². The van der Waals surface area contributed by atoms with Gasteiger partial charge in [-0.3, -0.25) is 0 Å². The first-order valence-corrected chi connectivity index (χ1v) is 13.3. The van der Waals surface area contributed by atoms with Crippen LogP contribution in [0, 0.1) is 13.4 Å². The van der Waals surface area contributed by atoms with E-state index in [0.29, 0.717) is 24.5 Å². The zero-order valence-corrected chi connectivity index (χ0v) is 21.0. The molecule has 0 aliphatic heterocycles. The van der Waals surface area contributed by atoms with E-state index in [1.54, 1.807) is 12.1 Å². The second-order valence-electron chi connectivity index (χ2n) is 7.21. The number of ether oxygens (including phenoxy) is 2. The quantitative estimate of drug-likeness (QED) is 0.102. The molecule has 0 aliphatic rings. The van der Waals surface area contributed by atoms with Gasteiger partial charge in [-0.05, 0) is 42.5 Å². The lowest BCUT2D eigenvalue weighted by Gasteiger charge is -2.03. The highest BCUT2D eigenvalue weighted by atomic mass is 127. The number of aromatic nitrogens is 2. The van der Waals surface area contributed by atoms with Crippen LogP contribution < -0.4 is 30.5 Å². The molecular formula is C25H25IN2O3S+2. The molecule has 2 aromatic heterocycles. The molecule has 2 aromatic carbocycles. The predicted octanol–water partition coefficient (Wildman–Crippen LogP) is 1.25. The summed E-state index contributed by atoms with van der Waals surface area (Å²) < 4.78 is 18.3. The molecular weight excluding hydrogens is 535 g/mol. The van der Waals surface area contributed by atoms with E-state index in [-0.39, 0.29) is 27.2 Å². The Morgan fingerprint density at radius 1 is 1.06 bits per heavy atom. The van der Waals surface area contributed by atoms with Gasteiger partial charge in [0.1, 0.15) is 24.7 Å². The minimum Gasteiger partial charge on any atom is -0.423 e. The number of aryl methyl sites for hydroxylation is 1. The number of nitrogens with zero attached hydrogens (tertiary/aromatic N) is 2. The molecule has 32 heavy (non-hydrogen) atoms. The Kier molecular flexibility index (Phi) is 7.72. The molecule has 0 unspecified atom stereocenters. The maximum absolute atomic E-state index is 12.2. The van der Waals surface area contributed by atoms with Gasteiger partial charge in [0.15, 0.2) is 3.57 Å². The largest absolute Gasteiger partial charge is 0.423 e. The van der Waals surface area contributed by atoms with Crippen molar-refractivity contribution in [2.24, 2.45) is 7.05 Å². The van der Waals surface area contributed by atoms with Crippen LogP contribution in [-0.2, 0) is 24.9 Å². The number of carbonyl (C=O) groups is 1. The van der Waals surface area contributed by atoms with Crippen molar-refractivity contribution >= 4 is 17.3 Å². The van der Waals surface area contributed by atoms with Crippen LogP contribution in [0.1, 0.15) is 21.1 Å². The number of thiophene rings is 1. The first kappa shape index (κ1) is 22.7. The van der Waals surface area contributed by atoms with Crippen molar-refractivity contribution in [1.82, 2.24) is 4.57 Å². The Morgan fingerprint density at radius 3 is 2.56 bits per heavy atom. The molecule has 4 rings (SSSR count). The number of halogens is 1. The molecule has 0 N–H and O–H groups in total. The second kappa shape index (κ2) is 10.9. The highest BCUT2D eigenvalue weighted by Crippen LogP contribution is 2.13. The average molecular weight is 560 g/mol. The molecule has 5 nitrogen and oxygen atoms in total. The zero-order chi connectivity index (χ0) is 22.3. The highest BCUT2D eigenvalue weighted by molar-refractivity contribution is 7.09. The molecule has 0 atom stereocenters. The Morgan fingerprint density at radius 2 is 1.84 bits per heavy atom. The van der Waals surface area contributed by atoms with Crippen LogP contribution in [0.25, 0.3) is 0 Å². The number of imidazole rings is 1. The van der Waals surface area contributed by atoms with Gasteiger partial charge in [-0.2, -0.15) is 0 Å². The normalized spacial score (nSPS) is 10.9. The van der Waals surface area contributed by atoms with Crippen LogP contribution in [0.5, 0.6) is 5.75 Å². The number of esters is 1. The van der Waals surface area contributed by atoms with Gasteiger partial charge in [-0.25, -0.2) is 13.9 Å². The van der Waals surface area contributed by atoms with Gasteiger partial charge in [0, 0.05) is 17.9 Å². The summed E-state index contributed by atoms with van der Waals surface area (Å²) in [5, 5.41) is 0. The standard InChI is InChI=1S/C25H25IN2O3S/c1-19-27(2)14-15-28(19)16-17-30-18-23-12-13-24(32-23)26-21-8-10-22(11-9-21)31-25(29)20-6-4-3-5-7-20/h3-15H,16-18H2,1-2H3/q+2. The summed E-state index contributed by atoms with van der Waals surface area (Å²) in [4.78, 5) is 13.4. The topological polar surface area (TPSA) is 44.3 Å². The van der Waals surface area contributed by atoms with E-state index in [1.165, 1.54) is 17.2 Å². The molecule has 0 spiro atoms. The molecule has 0 saturated carbocycles. The van der Waals surface area contributed by atoms with Crippen LogP contribution in [-0.4, -0.2) is 17.1 Å². The Balaban J connectivity index is 1.24. The fraction of sp³-hybridized carbons (Fsp3) is 0.200. The Labute approximate surface area is 202 Å². The van der Waals surface area contributed by atoms with Crippen molar-refractivity contribution < 1.29 is 40.0 Å². The van der Waals surface area contributed by atoms with E-state index >= 15 is 0 Å². The smallest absolute Gasteiger partial charge is 0.369 e. The van der Waals surface area contributed by atoms with E-state index in [2.05, 4.69) is 52.7 Å². The molecule has 4 aromatic rings. The van der Waals surface area contributed by atoms with Crippen LogP contribution in [0.4, 0.5) is 0 Å². The first-order chi connectivity index (χ1) is 15.6. The number of rotatable bonds is 9. The molecule has 164 valence electrons. The third-order valence-electron chi connectivity index (χ3n) is 4.98. The van der Waals surface area contributed by atoms with Gasteiger partial charge in [0.2, 0.25) is 2.88 Å². The molecule has 0 aliphatic carbocycles. The van der Waals surface area contributed by atoms with Crippen molar-refractivity contribution in [2.45, 2.75) is 20.1 Å². The SMILES string of the molecule is Cc1n(CCOCc2ccc([I+]c3ccc(OC(=O)c4ccccc4)cc3)s2)cc[n+]1C. The maximum atomic E-state index is 12.2. The van der Waals surface area contributed by atoms with Gasteiger partial charge in [-0.1, -0.05) is 29.5 Å². The molecule has 0 saturated heterocycles. The predicted molar refractivity (Wildman–Crippen MR) is 120 cm³/mol. The number of hydrogen-bond donors (Lipinski definition) is 0. The second-order valence-corrected chi connectivity index (χ2v) is 12.1.